The SMILES string of the molecule is N#Cc1cc(Br)cc(Br)c1-n1c(N)c2c(cc1=O)C(=O)NC2=O. The van der Waals surface area contributed by atoms with Crippen LogP contribution in [0.25, 0.3) is 5.69 Å². The monoisotopic (exact) mass is 436 g/mol. The minimum atomic E-state index is -0.678. The molecule has 0 aliphatic carbocycles. The molecule has 9 heteroatoms. The molecule has 0 atom stereocenters. The predicted octanol–water partition coefficient (Wildman–Crippen LogP) is 1.70. The number of benzene rings is 1. The van der Waals surface area contributed by atoms with Crippen molar-refractivity contribution in [3.63, 3.8) is 0 Å². The molecule has 0 radical (unpaired) electrons. The Balaban J connectivity index is 2.44. The second-order valence-corrected chi connectivity index (χ2v) is 6.44. The third-order valence-electron chi connectivity index (χ3n) is 3.33. The van der Waals surface area contributed by atoms with Crippen LogP contribution in [0.3, 0.4) is 0 Å². The van der Waals surface area contributed by atoms with Gasteiger partial charge in [0.05, 0.1) is 22.4 Å². The maximum atomic E-state index is 12.4. The molecule has 0 saturated carbocycles. The first kappa shape index (κ1) is 15.5. The summed E-state index contributed by atoms with van der Waals surface area (Å²) in [4.78, 5) is 35.9. The molecular weight excluding hydrogens is 432 g/mol. The zero-order valence-electron chi connectivity index (χ0n) is 11.2. The second kappa shape index (κ2) is 5.33. The van der Waals surface area contributed by atoms with E-state index < -0.39 is 17.4 Å². The van der Waals surface area contributed by atoms with E-state index in [1.165, 1.54) is 6.07 Å². The lowest BCUT2D eigenvalue weighted by molar-refractivity contribution is 0.0880. The quantitative estimate of drug-likeness (QED) is 0.658. The summed E-state index contributed by atoms with van der Waals surface area (Å²) in [5, 5.41) is 11.4. The minimum absolute atomic E-state index is 0.0690. The van der Waals surface area contributed by atoms with Gasteiger partial charge in [0.15, 0.2) is 0 Å². The summed E-state index contributed by atoms with van der Waals surface area (Å²) >= 11 is 6.54. The van der Waals surface area contributed by atoms with Crippen LogP contribution in [-0.2, 0) is 0 Å². The predicted molar refractivity (Wildman–Crippen MR) is 88.4 cm³/mol. The van der Waals surface area contributed by atoms with E-state index in [4.69, 9.17) is 5.73 Å². The topological polar surface area (TPSA) is 118 Å². The molecule has 7 nitrogen and oxygen atoms in total. The van der Waals surface area contributed by atoms with Crippen LogP contribution in [0.4, 0.5) is 5.82 Å². The number of halogens is 2. The van der Waals surface area contributed by atoms with E-state index in [9.17, 15) is 19.6 Å². The van der Waals surface area contributed by atoms with Gasteiger partial charge in [-0.05, 0) is 28.1 Å². The molecule has 0 fully saturated rings. The summed E-state index contributed by atoms with van der Waals surface area (Å²) in [7, 11) is 0. The lowest BCUT2D eigenvalue weighted by Crippen LogP contribution is -2.25. The normalized spacial score (nSPS) is 12.7. The smallest absolute Gasteiger partial charge is 0.262 e. The highest BCUT2D eigenvalue weighted by Gasteiger charge is 2.32. The number of amides is 2. The van der Waals surface area contributed by atoms with Gasteiger partial charge in [-0.3, -0.25) is 24.3 Å². The number of pyridine rings is 1. The van der Waals surface area contributed by atoms with Crippen LogP contribution in [0, 0.1) is 11.3 Å². The molecule has 23 heavy (non-hydrogen) atoms. The van der Waals surface area contributed by atoms with Crippen molar-refractivity contribution in [2.75, 3.05) is 5.73 Å². The van der Waals surface area contributed by atoms with Crippen LogP contribution >= 0.6 is 31.9 Å². The molecule has 1 aromatic heterocycles. The Hall–Kier alpha value is -2.44. The first-order chi connectivity index (χ1) is 10.8. The number of anilines is 1. The largest absolute Gasteiger partial charge is 0.384 e. The minimum Gasteiger partial charge on any atom is -0.384 e. The number of rotatable bonds is 1. The zero-order chi connectivity index (χ0) is 16.9. The van der Waals surface area contributed by atoms with Crippen LogP contribution in [0.5, 0.6) is 0 Å². The fraction of sp³-hybridized carbons (Fsp3) is 0. The number of hydrogen-bond acceptors (Lipinski definition) is 5. The van der Waals surface area contributed by atoms with Gasteiger partial charge in [0.2, 0.25) is 0 Å². The van der Waals surface area contributed by atoms with Gasteiger partial charge < -0.3 is 5.73 Å². The van der Waals surface area contributed by atoms with Crippen LogP contribution in [-0.4, -0.2) is 16.4 Å². The molecule has 0 unspecified atom stereocenters. The van der Waals surface area contributed by atoms with E-state index in [0.717, 1.165) is 10.6 Å². The number of carbonyl (C=O) groups excluding carboxylic acids is 2. The fourth-order valence-electron chi connectivity index (χ4n) is 2.39. The third kappa shape index (κ3) is 2.27. The molecule has 2 aromatic rings. The maximum Gasteiger partial charge on any atom is 0.262 e. The Morgan fingerprint density at radius 1 is 1.13 bits per heavy atom. The van der Waals surface area contributed by atoms with Crippen molar-refractivity contribution in [2.45, 2.75) is 0 Å². The number of nitriles is 1. The van der Waals surface area contributed by atoms with E-state index in [2.05, 4.69) is 37.2 Å². The van der Waals surface area contributed by atoms with Crippen molar-refractivity contribution in [2.24, 2.45) is 0 Å². The molecule has 2 amide bonds. The molecule has 114 valence electrons. The Bertz CT molecular complexity index is 1000. The highest BCUT2D eigenvalue weighted by Crippen LogP contribution is 2.31. The summed E-state index contributed by atoms with van der Waals surface area (Å²) < 4.78 is 2.10. The van der Waals surface area contributed by atoms with Gasteiger partial charge in [-0.25, -0.2) is 0 Å². The first-order valence-corrected chi connectivity index (χ1v) is 7.74. The van der Waals surface area contributed by atoms with Crippen LogP contribution in [0.2, 0.25) is 0 Å². The van der Waals surface area contributed by atoms with Crippen LogP contribution in [0.1, 0.15) is 26.3 Å². The Morgan fingerprint density at radius 3 is 2.48 bits per heavy atom. The second-order valence-electron chi connectivity index (χ2n) is 4.67. The molecular formula is C14H6Br2N4O3. The molecule has 1 aliphatic rings. The van der Waals surface area contributed by atoms with Gasteiger partial charge in [0.1, 0.15) is 11.9 Å². The van der Waals surface area contributed by atoms with E-state index in [1.54, 1.807) is 6.07 Å². The lowest BCUT2D eigenvalue weighted by Gasteiger charge is -2.15. The number of imide groups is 1. The van der Waals surface area contributed by atoms with Crippen molar-refractivity contribution in [3.05, 3.63) is 54.2 Å². The molecule has 0 spiro atoms. The summed E-state index contributed by atoms with van der Waals surface area (Å²) in [6.07, 6.45) is 0. The summed E-state index contributed by atoms with van der Waals surface area (Å²) in [5.41, 5.74) is 5.57. The van der Waals surface area contributed by atoms with Gasteiger partial charge in [-0.1, -0.05) is 15.9 Å². The molecule has 0 bridgehead atoms. The average molecular weight is 438 g/mol. The molecule has 3 N–H and O–H groups in total. The Labute approximate surface area is 146 Å². The van der Waals surface area contributed by atoms with Crippen molar-refractivity contribution in [3.8, 4) is 11.8 Å². The van der Waals surface area contributed by atoms with Gasteiger partial charge in [-0.15, -0.1) is 0 Å². The molecule has 1 aromatic carbocycles. The number of nitrogens with zero attached hydrogens (tertiary/aromatic N) is 2. The summed E-state index contributed by atoms with van der Waals surface area (Å²) in [5.74, 6) is -1.55. The number of fused-ring (bicyclic) bond motifs is 1. The van der Waals surface area contributed by atoms with Crippen molar-refractivity contribution in [1.29, 1.82) is 5.26 Å². The molecule has 2 heterocycles. The number of aromatic nitrogens is 1. The van der Waals surface area contributed by atoms with E-state index >= 15 is 0 Å². The maximum absolute atomic E-state index is 12.4. The lowest BCUT2D eigenvalue weighted by atomic mass is 10.1. The Morgan fingerprint density at radius 2 is 1.83 bits per heavy atom. The first-order valence-electron chi connectivity index (χ1n) is 6.16. The van der Waals surface area contributed by atoms with Gasteiger partial charge >= 0.3 is 0 Å². The fourth-order valence-corrected chi connectivity index (χ4v) is 3.79. The number of nitrogen functional groups attached to an aromatic ring is 1. The van der Waals surface area contributed by atoms with Gasteiger partial charge in [-0.2, -0.15) is 5.26 Å². The van der Waals surface area contributed by atoms with Crippen molar-refractivity contribution in [1.82, 2.24) is 9.88 Å². The number of carbonyl (C=O) groups is 2. The van der Waals surface area contributed by atoms with Gasteiger partial charge in [0, 0.05) is 15.0 Å². The van der Waals surface area contributed by atoms with Crippen molar-refractivity contribution >= 4 is 49.5 Å². The summed E-state index contributed by atoms with van der Waals surface area (Å²) in [6.45, 7) is 0. The van der Waals surface area contributed by atoms with Crippen molar-refractivity contribution < 1.29 is 9.59 Å². The molecule has 0 saturated heterocycles. The standard InChI is InChI=1S/C14H6Br2N4O3/c15-6-1-5(4-17)11(8(16)2-6)20-9(21)3-7-10(12(20)18)14(23)19-13(7)22/h1-3H,18H2,(H,19,22,23). The van der Waals surface area contributed by atoms with E-state index in [-0.39, 0.29) is 28.2 Å². The molecule has 1 aliphatic heterocycles. The van der Waals surface area contributed by atoms with Gasteiger partial charge in [0.25, 0.3) is 17.4 Å². The summed E-state index contributed by atoms with van der Waals surface area (Å²) in [6, 6.07) is 6.16. The van der Waals surface area contributed by atoms with Crippen LogP contribution in [0.15, 0.2) is 31.9 Å². The van der Waals surface area contributed by atoms with Crippen LogP contribution < -0.4 is 16.6 Å². The highest BCUT2D eigenvalue weighted by molar-refractivity contribution is 9.11. The number of nitrogens with one attached hydrogen (secondary N) is 1. The zero-order valence-corrected chi connectivity index (χ0v) is 14.4. The number of nitrogens with two attached hydrogens (primary N) is 1. The Kier molecular flexibility index (Phi) is 3.58. The highest BCUT2D eigenvalue weighted by atomic mass is 79.9. The average Bonchev–Trinajstić information content (AvgIpc) is 2.75. The van der Waals surface area contributed by atoms with E-state index in [1.807, 2.05) is 6.07 Å². The molecule has 3 rings (SSSR count). The van der Waals surface area contributed by atoms with E-state index in [0.29, 0.717) is 8.95 Å². The number of hydrogen-bond donors (Lipinski definition) is 2. The third-order valence-corrected chi connectivity index (χ3v) is 4.39.